The van der Waals surface area contributed by atoms with Crippen LogP contribution in [0.25, 0.3) is 0 Å². The summed E-state index contributed by atoms with van der Waals surface area (Å²) in [7, 11) is 0. The fourth-order valence-corrected chi connectivity index (χ4v) is 3.84. The number of nitrogens with one attached hydrogen (secondary N) is 1. The van der Waals surface area contributed by atoms with E-state index in [-0.39, 0.29) is 0 Å². The lowest BCUT2D eigenvalue weighted by Crippen LogP contribution is -2.44. The molecule has 1 heterocycles. The van der Waals surface area contributed by atoms with Crippen LogP contribution in [-0.2, 0) is 0 Å². The first kappa shape index (κ1) is 11.1. The van der Waals surface area contributed by atoms with Crippen molar-refractivity contribution in [3.8, 4) is 0 Å². The number of fused-ring (bicyclic) bond motifs is 1. The van der Waals surface area contributed by atoms with E-state index in [0.29, 0.717) is 11.5 Å². The average Bonchev–Trinajstić information content (AvgIpc) is 2.32. The van der Waals surface area contributed by atoms with Gasteiger partial charge in [-0.25, -0.2) is 0 Å². The summed E-state index contributed by atoms with van der Waals surface area (Å²) in [5.41, 5.74) is 4.80. The Labute approximate surface area is 105 Å². The van der Waals surface area contributed by atoms with Crippen molar-refractivity contribution < 1.29 is 0 Å². The zero-order valence-electron chi connectivity index (χ0n) is 11.1. The van der Waals surface area contributed by atoms with Gasteiger partial charge in [-0.05, 0) is 43.2 Å². The van der Waals surface area contributed by atoms with E-state index in [1.165, 1.54) is 55.3 Å². The van der Waals surface area contributed by atoms with E-state index in [1.807, 2.05) is 0 Å². The molecule has 0 amide bonds. The summed E-state index contributed by atoms with van der Waals surface area (Å²) < 4.78 is 0. The fraction of sp³-hybridized carbons (Fsp3) is 0.625. The van der Waals surface area contributed by atoms with Gasteiger partial charge >= 0.3 is 0 Å². The molecule has 1 aliphatic heterocycles. The number of anilines is 1. The molecule has 1 aromatic carbocycles. The van der Waals surface area contributed by atoms with Crippen molar-refractivity contribution in [2.75, 3.05) is 5.32 Å². The number of hydrogen-bond acceptors (Lipinski definition) is 1. The molecule has 2 aliphatic rings. The van der Waals surface area contributed by atoms with Gasteiger partial charge in [0.1, 0.15) is 0 Å². The summed E-state index contributed by atoms with van der Waals surface area (Å²) >= 11 is 0. The van der Waals surface area contributed by atoms with Crippen molar-refractivity contribution in [1.29, 1.82) is 0 Å². The molecule has 1 aromatic rings. The molecule has 0 aromatic heterocycles. The molecular weight excluding hydrogens is 206 g/mol. The van der Waals surface area contributed by atoms with E-state index in [0.717, 1.165) is 0 Å². The van der Waals surface area contributed by atoms with Crippen molar-refractivity contribution in [3.63, 3.8) is 0 Å². The standard InChI is InChI=1S/C16H23N/c1-12-7-6-8-14-13(2)11-16(17-15(12)14)9-4-3-5-10-16/h6-8,13,17H,3-5,9-11H2,1-2H3. The van der Waals surface area contributed by atoms with Crippen LogP contribution in [0.15, 0.2) is 18.2 Å². The minimum absolute atomic E-state index is 0.413. The Kier molecular flexibility index (Phi) is 2.65. The van der Waals surface area contributed by atoms with Gasteiger partial charge in [0.15, 0.2) is 0 Å². The van der Waals surface area contributed by atoms with E-state index in [4.69, 9.17) is 0 Å². The van der Waals surface area contributed by atoms with Crippen LogP contribution in [0.1, 0.15) is 62.5 Å². The Morgan fingerprint density at radius 1 is 1.18 bits per heavy atom. The van der Waals surface area contributed by atoms with Gasteiger partial charge < -0.3 is 5.32 Å². The van der Waals surface area contributed by atoms with Crippen molar-refractivity contribution >= 4 is 5.69 Å². The molecule has 17 heavy (non-hydrogen) atoms. The second-order valence-electron chi connectivity index (χ2n) is 6.11. The Morgan fingerprint density at radius 3 is 2.71 bits per heavy atom. The second kappa shape index (κ2) is 4.04. The predicted octanol–water partition coefficient (Wildman–Crippen LogP) is 4.62. The van der Waals surface area contributed by atoms with Crippen LogP contribution in [-0.4, -0.2) is 5.54 Å². The Bertz CT molecular complexity index is 416. The SMILES string of the molecule is Cc1cccc2c1NC1(CCCCC1)CC2C. The molecule has 1 heteroatoms. The number of rotatable bonds is 0. The van der Waals surface area contributed by atoms with Gasteiger partial charge in [0, 0.05) is 11.2 Å². The molecule has 1 spiro atoms. The normalized spacial score (nSPS) is 26.4. The number of para-hydroxylation sites is 1. The maximum Gasteiger partial charge on any atom is 0.0409 e. The Balaban J connectivity index is 1.99. The molecule has 1 nitrogen and oxygen atoms in total. The largest absolute Gasteiger partial charge is 0.379 e. The van der Waals surface area contributed by atoms with Gasteiger partial charge in [0.25, 0.3) is 0 Å². The highest BCUT2D eigenvalue weighted by atomic mass is 15.0. The van der Waals surface area contributed by atoms with Crippen LogP contribution >= 0.6 is 0 Å². The molecule has 1 aliphatic carbocycles. The Hall–Kier alpha value is -0.980. The van der Waals surface area contributed by atoms with Gasteiger partial charge in [0.2, 0.25) is 0 Å². The summed E-state index contributed by atoms with van der Waals surface area (Å²) in [5.74, 6) is 0.712. The molecule has 0 bridgehead atoms. The van der Waals surface area contributed by atoms with Crippen LogP contribution < -0.4 is 5.32 Å². The summed E-state index contributed by atoms with van der Waals surface area (Å²) in [5, 5.41) is 3.91. The highest BCUT2D eigenvalue weighted by Crippen LogP contribution is 2.46. The predicted molar refractivity (Wildman–Crippen MR) is 73.6 cm³/mol. The van der Waals surface area contributed by atoms with Crippen molar-refractivity contribution in [2.45, 2.75) is 63.8 Å². The summed E-state index contributed by atoms with van der Waals surface area (Å²) in [6, 6.07) is 6.74. The van der Waals surface area contributed by atoms with Gasteiger partial charge in [-0.3, -0.25) is 0 Å². The molecule has 1 saturated carbocycles. The molecule has 3 rings (SSSR count). The second-order valence-corrected chi connectivity index (χ2v) is 6.11. The van der Waals surface area contributed by atoms with Crippen molar-refractivity contribution in [2.24, 2.45) is 0 Å². The van der Waals surface area contributed by atoms with Gasteiger partial charge in [0.05, 0.1) is 0 Å². The zero-order chi connectivity index (χ0) is 11.9. The monoisotopic (exact) mass is 229 g/mol. The smallest absolute Gasteiger partial charge is 0.0409 e. The number of aryl methyl sites for hydroxylation is 1. The number of benzene rings is 1. The third-order valence-electron chi connectivity index (χ3n) is 4.73. The molecule has 0 saturated heterocycles. The molecule has 92 valence electrons. The van der Waals surface area contributed by atoms with E-state index in [9.17, 15) is 0 Å². The van der Waals surface area contributed by atoms with Gasteiger partial charge in [-0.15, -0.1) is 0 Å². The fourth-order valence-electron chi connectivity index (χ4n) is 3.84. The summed E-state index contributed by atoms with van der Waals surface area (Å²) in [6.07, 6.45) is 8.29. The minimum atomic E-state index is 0.413. The lowest BCUT2D eigenvalue weighted by Gasteiger charge is -2.45. The number of hydrogen-bond donors (Lipinski definition) is 1. The molecule has 1 N–H and O–H groups in total. The van der Waals surface area contributed by atoms with E-state index < -0.39 is 0 Å². The lowest BCUT2D eigenvalue weighted by molar-refractivity contribution is 0.281. The summed E-state index contributed by atoms with van der Waals surface area (Å²) in [6.45, 7) is 4.63. The highest BCUT2D eigenvalue weighted by molar-refractivity contribution is 5.62. The highest BCUT2D eigenvalue weighted by Gasteiger charge is 2.38. The molecule has 1 atom stereocenters. The van der Waals surface area contributed by atoms with Gasteiger partial charge in [-0.2, -0.15) is 0 Å². The van der Waals surface area contributed by atoms with E-state index in [2.05, 4.69) is 37.4 Å². The summed E-state index contributed by atoms with van der Waals surface area (Å²) in [4.78, 5) is 0. The third kappa shape index (κ3) is 1.86. The maximum absolute atomic E-state index is 3.91. The van der Waals surface area contributed by atoms with E-state index >= 15 is 0 Å². The van der Waals surface area contributed by atoms with Crippen LogP contribution in [0.3, 0.4) is 0 Å². The quantitative estimate of drug-likeness (QED) is 0.684. The first-order chi connectivity index (χ1) is 8.20. The van der Waals surface area contributed by atoms with E-state index in [1.54, 1.807) is 0 Å². The van der Waals surface area contributed by atoms with Crippen LogP contribution in [0.2, 0.25) is 0 Å². The molecule has 0 radical (unpaired) electrons. The van der Waals surface area contributed by atoms with Gasteiger partial charge in [-0.1, -0.05) is 44.4 Å². The molecule has 1 fully saturated rings. The average molecular weight is 229 g/mol. The lowest BCUT2D eigenvalue weighted by atomic mass is 9.71. The van der Waals surface area contributed by atoms with Crippen LogP contribution in [0.4, 0.5) is 5.69 Å². The van der Waals surface area contributed by atoms with Crippen molar-refractivity contribution in [3.05, 3.63) is 29.3 Å². The van der Waals surface area contributed by atoms with Crippen LogP contribution in [0.5, 0.6) is 0 Å². The van der Waals surface area contributed by atoms with Crippen LogP contribution in [0, 0.1) is 6.92 Å². The third-order valence-corrected chi connectivity index (χ3v) is 4.73. The zero-order valence-corrected chi connectivity index (χ0v) is 11.1. The minimum Gasteiger partial charge on any atom is -0.379 e. The molecule has 1 unspecified atom stereocenters. The molecular formula is C16H23N. The van der Waals surface area contributed by atoms with Crippen molar-refractivity contribution in [1.82, 2.24) is 0 Å². The maximum atomic E-state index is 3.91. The first-order valence-corrected chi connectivity index (χ1v) is 7.08. The topological polar surface area (TPSA) is 12.0 Å². The Morgan fingerprint density at radius 2 is 1.94 bits per heavy atom. The first-order valence-electron chi connectivity index (χ1n) is 7.08.